The number of benzene rings is 1. The Bertz CT molecular complexity index is 1280. The summed E-state index contributed by atoms with van der Waals surface area (Å²) in [7, 11) is -1.19. The summed E-state index contributed by atoms with van der Waals surface area (Å²) in [5.41, 5.74) is 8.09. The van der Waals surface area contributed by atoms with Crippen LogP contribution in [0.4, 0.5) is 19.0 Å². The van der Waals surface area contributed by atoms with Gasteiger partial charge in [-0.25, -0.2) is 9.97 Å². The number of nitrogens with two attached hydrogens (primary N) is 1. The monoisotopic (exact) mass is 476 g/mol. The lowest BCUT2D eigenvalue weighted by atomic mass is 10.0. The van der Waals surface area contributed by atoms with E-state index in [-0.39, 0.29) is 29.7 Å². The quantitative estimate of drug-likeness (QED) is 0.610. The zero-order valence-electron chi connectivity index (χ0n) is 17.3. The number of rotatable bonds is 2. The fourth-order valence-corrected chi connectivity index (χ4v) is 5.55. The van der Waals surface area contributed by atoms with Gasteiger partial charge >= 0.3 is 6.18 Å². The summed E-state index contributed by atoms with van der Waals surface area (Å²) >= 11 is 0. The van der Waals surface area contributed by atoms with Gasteiger partial charge in [-0.1, -0.05) is 12.1 Å². The van der Waals surface area contributed by atoms with Gasteiger partial charge in [0.05, 0.1) is 36.5 Å². The number of alkyl halides is 3. The van der Waals surface area contributed by atoms with Crippen LogP contribution in [0, 0.1) is 0 Å². The number of hydrogen-bond donors (Lipinski definition) is 1. The predicted molar refractivity (Wildman–Crippen MR) is 116 cm³/mol. The lowest BCUT2D eigenvalue weighted by molar-refractivity contribution is -0.137. The summed E-state index contributed by atoms with van der Waals surface area (Å²) in [6.45, 7) is 0.911. The molecular weight excluding hydrogens is 457 g/mol. The molecule has 2 atom stereocenters. The van der Waals surface area contributed by atoms with Crippen LogP contribution in [0.3, 0.4) is 0 Å². The molecule has 11 heteroatoms. The van der Waals surface area contributed by atoms with Gasteiger partial charge in [-0.3, -0.25) is 9.00 Å². The molecule has 1 fully saturated rings. The Morgan fingerprint density at radius 2 is 1.91 bits per heavy atom. The topological polar surface area (TPSA) is 98.4 Å². The highest BCUT2D eigenvalue weighted by molar-refractivity contribution is 7.85. The van der Waals surface area contributed by atoms with Gasteiger partial charge in [0, 0.05) is 39.8 Å². The highest BCUT2D eigenvalue weighted by atomic mass is 32.2. The van der Waals surface area contributed by atoms with Crippen LogP contribution in [0.25, 0.3) is 10.9 Å². The van der Waals surface area contributed by atoms with E-state index in [1.54, 1.807) is 6.07 Å². The van der Waals surface area contributed by atoms with E-state index in [2.05, 4.69) is 9.97 Å². The molecule has 1 aromatic carbocycles. The summed E-state index contributed by atoms with van der Waals surface area (Å²) in [6.07, 6.45) is -2.98. The van der Waals surface area contributed by atoms with E-state index >= 15 is 0 Å². The molecule has 5 rings (SSSR count). The van der Waals surface area contributed by atoms with Crippen LogP contribution in [-0.4, -0.2) is 43.0 Å². The normalized spacial score (nSPS) is 20.8. The van der Waals surface area contributed by atoms with E-state index in [0.29, 0.717) is 30.1 Å². The number of halogens is 3. The number of ether oxygens (including phenoxy) is 1. The number of amides is 1. The van der Waals surface area contributed by atoms with Gasteiger partial charge < -0.3 is 15.4 Å². The third kappa shape index (κ3) is 3.95. The van der Waals surface area contributed by atoms with Gasteiger partial charge in [0.15, 0.2) is 0 Å². The van der Waals surface area contributed by atoms with Crippen molar-refractivity contribution in [3.63, 3.8) is 0 Å². The average molecular weight is 476 g/mol. The number of nitrogen functional groups attached to an aromatic ring is 1. The first-order valence-corrected chi connectivity index (χ1v) is 11.7. The van der Waals surface area contributed by atoms with E-state index in [1.165, 1.54) is 23.2 Å². The molecule has 0 bridgehead atoms. The summed E-state index contributed by atoms with van der Waals surface area (Å²) in [6, 6.07) is 5.65. The van der Waals surface area contributed by atoms with E-state index < -0.39 is 28.6 Å². The Kier molecular flexibility index (Phi) is 5.32. The summed E-state index contributed by atoms with van der Waals surface area (Å²) < 4.78 is 56.6. The van der Waals surface area contributed by atoms with Crippen molar-refractivity contribution in [1.29, 1.82) is 0 Å². The maximum atomic E-state index is 13.4. The molecule has 1 amide bonds. The van der Waals surface area contributed by atoms with Crippen molar-refractivity contribution in [1.82, 2.24) is 14.9 Å². The van der Waals surface area contributed by atoms with Crippen LogP contribution in [-0.2, 0) is 34.9 Å². The third-order valence-corrected chi connectivity index (χ3v) is 7.32. The number of nitrogens with zero attached hydrogens (tertiary/aromatic N) is 3. The molecule has 172 valence electrons. The molecule has 2 aromatic heterocycles. The van der Waals surface area contributed by atoms with Gasteiger partial charge in [0.2, 0.25) is 0 Å². The molecule has 33 heavy (non-hydrogen) atoms. The first-order chi connectivity index (χ1) is 15.7. The second-order valence-corrected chi connectivity index (χ2v) is 9.60. The van der Waals surface area contributed by atoms with E-state index in [9.17, 15) is 22.2 Å². The van der Waals surface area contributed by atoms with Crippen LogP contribution >= 0.6 is 0 Å². The molecule has 0 radical (unpaired) electrons. The minimum atomic E-state index is -4.46. The molecule has 7 nitrogen and oxygen atoms in total. The largest absolute Gasteiger partial charge is 0.416 e. The Hall–Kier alpha value is -3.05. The molecule has 3 aromatic rings. The molecule has 0 aliphatic carbocycles. The lowest BCUT2D eigenvalue weighted by Crippen LogP contribution is -2.44. The van der Waals surface area contributed by atoms with Crippen LogP contribution in [0.5, 0.6) is 0 Å². The first-order valence-electron chi connectivity index (χ1n) is 10.2. The number of fused-ring (bicyclic) bond motifs is 3. The van der Waals surface area contributed by atoms with E-state index in [1.807, 2.05) is 0 Å². The molecule has 2 aliphatic heterocycles. The highest BCUT2D eigenvalue weighted by Gasteiger charge is 2.34. The minimum absolute atomic E-state index is 0.145. The average Bonchev–Trinajstić information content (AvgIpc) is 3.29. The Balaban J connectivity index is 1.50. The zero-order chi connectivity index (χ0) is 23.3. The Labute approximate surface area is 189 Å². The first kappa shape index (κ1) is 21.8. The van der Waals surface area contributed by atoms with Crippen molar-refractivity contribution >= 4 is 33.4 Å². The molecule has 2 N–H and O–H groups in total. The number of carbonyl (C=O) groups excluding carboxylic acids is 1. The Morgan fingerprint density at radius 1 is 1.18 bits per heavy atom. The van der Waals surface area contributed by atoms with Crippen molar-refractivity contribution in [2.45, 2.75) is 25.4 Å². The van der Waals surface area contributed by atoms with Crippen molar-refractivity contribution in [3.8, 4) is 0 Å². The molecule has 0 spiro atoms. The third-order valence-electron chi connectivity index (χ3n) is 6.00. The van der Waals surface area contributed by atoms with Crippen molar-refractivity contribution < 1.29 is 26.9 Å². The van der Waals surface area contributed by atoms with E-state index in [0.717, 1.165) is 28.6 Å². The van der Waals surface area contributed by atoms with Crippen molar-refractivity contribution in [2.75, 3.05) is 23.8 Å². The number of aromatic nitrogens is 2. The smallest absolute Gasteiger partial charge is 0.383 e. The molecular formula is C22H19F3N4O3S. The fourth-order valence-electron chi connectivity index (χ4n) is 4.26. The van der Waals surface area contributed by atoms with Crippen molar-refractivity contribution in [2.24, 2.45) is 0 Å². The maximum Gasteiger partial charge on any atom is 0.416 e. The lowest BCUT2D eigenvalue weighted by Gasteiger charge is -2.35. The van der Waals surface area contributed by atoms with Crippen LogP contribution in [0.2, 0.25) is 0 Å². The summed E-state index contributed by atoms with van der Waals surface area (Å²) in [5, 5.41) is 0.724. The molecule has 2 aliphatic rings. The standard InChI is InChI=1S/C22H19F3N4O3S/c23-22(24,25)13-3-1-12(2-4-13)19-11-33(31)6-5-29(19)21(30)17-7-14-15-9-32-10-16(15)20(26)28-18(14)8-27-17/h1-4,7-8,19H,5-6,9-11H2,(H2,26,28)/t19-,33-/m1/s1. The number of carbonyl (C=O) groups is 1. The summed E-state index contributed by atoms with van der Waals surface area (Å²) in [5.74, 6) is 0.420. The SMILES string of the molecule is Nc1nc2cnc(C(=O)N3CC[S@@](=O)C[C@@H]3c3ccc(C(F)(F)F)cc3)cc2c2c1COC2. The fraction of sp³-hybridized carbons (Fsp3) is 0.318. The number of hydrogen-bond acceptors (Lipinski definition) is 6. The molecule has 4 heterocycles. The van der Waals surface area contributed by atoms with Gasteiger partial charge in [-0.05, 0) is 29.3 Å². The molecule has 0 saturated carbocycles. The zero-order valence-corrected chi connectivity index (χ0v) is 18.1. The second kappa shape index (κ2) is 8.07. The van der Waals surface area contributed by atoms with Crippen LogP contribution < -0.4 is 5.73 Å². The molecule has 1 saturated heterocycles. The minimum Gasteiger partial charge on any atom is -0.383 e. The van der Waals surface area contributed by atoms with Crippen LogP contribution in [0.15, 0.2) is 36.5 Å². The van der Waals surface area contributed by atoms with Crippen molar-refractivity contribution in [3.05, 3.63) is 64.5 Å². The van der Waals surface area contributed by atoms with Crippen LogP contribution in [0.1, 0.15) is 38.8 Å². The Morgan fingerprint density at radius 3 is 2.64 bits per heavy atom. The molecule has 0 unspecified atom stereocenters. The highest BCUT2D eigenvalue weighted by Crippen LogP contribution is 2.34. The second-order valence-electron chi connectivity index (χ2n) is 7.98. The van der Waals surface area contributed by atoms with Gasteiger partial charge in [0.25, 0.3) is 5.91 Å². The van der Waals surface area contributed by atoms with E-state index in [4.69, 9.17) is 10.5 Å². The maximum absolute atomic E-state index is 13.4. The number of pyridine rings is 2. The van der Waals surface area contributed by atoms with Gasteiger partial charge in [-0.15, -0.1) is 0 Å². The van der Waals surface area contributed by atoms with Gasteiger partial charge in [-0.2, -0.15) is 13.2 Å². The predicted octanol–water partition coefficient (Wildman–Crippen LogP) is 3.21. The van der Waals surface area contributed by atoms with Gasteiger partial charge in [0.1, 0.15) is 11.5 Å². The number of anilines is 1. The summed E-state index contributed by atoms with van der Waals surface area (Å²) in [4.78, 5) is 23.6.